The lowest BCUT2D eigenvalue weighted by atomic mass is 9.92. The number of likely N-dealkylation sites (tertiary alicyclic amines) is 1. The van der Waals surface area contributed by atoms with Crippen LogP contribution in [0, 0.1) is 17.2 Å². The van der Waals surface area contributed by atoms with Crippen molar-refractivity contribution in [3.8, 4) is 0 Å². The average molecular weight is 251 g/mol. The molecule has 3 N–H and O–H groups in total. The van der Waals surface area contributed by atoms with Gasteiger partial charge in [0.2, 0.25) is 0 Å². The molecule has 3 nitrogen and oxygen atoms in total. The Kier molecular flexibility index (Phi) is 4.41. The highest BCUT2D eigenvalue weighted by Gasteiger charge is 2.43. The van der Waals surface area contributed by atoms with Crippen LogP contribution in [0.5, 0.6) is 0 Å². The van der Waals surface area contributed by atoms with Crippen LogP contribution < -0.4 is 5.73 Å². The molecule has 0 amide bonds. The van der Waals surface area contributed by atoms with Gasteiger partial charge in [0.25, 0.3) is 0 Å². The van der Waals surface area contributed by atoms with Gasteiger partial charge in [-0.05, 0) is 32.2 Å². The largest absolute Gasteiger partial charge is 0.399 e. The quantitative estimate of drug-likeness (QED) is 0.597. The molecule has 0 radical (unpaired) electrons. The molecule has 0 bridgehead atoms. The lowest BCUT2D eigenvalue weighted by molar-refractivity contribution is -0.162. The van der Waals surface area contributed by atoms with Crippen molar-refractivity contribution in [2.45, 2.75) is 38.9 Å². The van der Waals surface area contributed by atoms with E-state index in [9.17, 15) is 13.2 Å². The highest BCUT2D eigenvalue weighted by molar-refractivity contribution is 5.80. The smallest absolute Gasteiger partial charge is 0.387 e. The maximum absolute atomic E-state index is 12.7. The van der Waals surface area contributed by atoms with E-state index in [1.165, 1.54) is 0 Å². The fourth-order valence-electron chi connectivity index (χ4n) is 2.34. The Bertz CT molecular complexity index is 278. The zero-order valence-corrected chi connectivity index (χ0v) is 10.2. The van der Waals surface area contributed by atoms with Crippen LogP contribution in [0.1, 0.15) is 26.7 Å². The van der Waals surface area contributed by atoms with Crippen LogP contribution in [0.3, 0.4) is 0 Å². The first kappa shape index (κ1) is 14.3. The van der Waals surface area contributed by atoms with Crippen molar-refractivity contribution in [3.05, 3.63) is 0 Å². The molecule has 0 aromatic heterocycles. The molecule has 0 saturated carbocycles. The Hall–Kier alpha value is -0.780. The molecule has 0 aromatic carbocycles. The monoisotopic (exact) mass is 251 g/mol. The molecule has 1 aliphatic heterocycles. The van der Waals surface area contributed by atoms with Crippen molar-refractivity contribution in [2.24, 2.45) is 17.6 Å². The number of piperidine rings is 1. The van der Waals surface area contributed by atoms with E-state index < -0.39 is 17.9 Å². The van der Waals surface area contributed by atoms with E-state index in [0.29, 0.717) is 12.5 Å². The van der Waals surface area contributed by atoms with Gasteiger partial charge in [-0.25, -0.2) is 0 Å². The molecule has 17 heavy (non-hydrogen) atoms. The second-order valence-electron chi connectivity index (χ2n) is 5.02. The van der Waals surface area contributed by atoms with Gasteiger partial charge in [-0.2, -0.15) is 13.2 Å². The summed E-state index contributed by atoms with van der Waals surface area (Å²) >= 11 is 0. The van der Waals surface area contributed by atoms with E-state index in [4.69, 9.17) is 11.1 Å². The Labute approximate surface area is 99.7 Å². The summed E-state index contributed by atoms with van der Waals surface area (Å²) in [5.41, 5.74) is 5.05. The molecule has 0 aromatic rings. The maximum atomic E-state index is 12.7. The minimum Gasteiger partial charge on any atom is -0.387 e. The number of rotatable bonds is 3. The number of nitrogens with zero attached hydrogens (tertiary/aromatic N) is 1. The molecule has 1 heterocycles. The lowest BCUT2D eigenvalue weighted by Crippen LogP contribution is -2.49. The summed E-state index contributed by atoms with van der Waals surface area (Å²) in [4.78, 5) is 1.79. The fourth-order valence-corrected chi connectivity index (χ4v) is 2.34. The minimum absolute atomic E-state index is 0.128. The number of hydrogen-bond donors (Lipinski definition) is 2. The van der Waals surface area contributed by atoms with Crippen LogP contribution in [-0.4, -0.2) is 36.0 Å². The molecule has 100 valence electrons. The third-order valence-corrected chi connectivity index (χ3v) is 3.46. The first-order valence-corrected chi connectivity index (χ1v) is 5.86. The molecule has 1 rings (SSSR count). The van der Waals surface area contributed by atoms with Gasteiger partial charge in [-0.3, -0.25) is 10.3 Å². The number of nitrogens with one attached hydrogen (secondary N) is 1. The van der Waals surface area contributed by atoms with Gasteiger partial charge in [-0.15, -0.1) is 0 Å². The van der Waals surface area contributed by atoms with Gasteiger partial charge < -0.3 is 5.73 Å². The summed E-state index contributed by atoms with van der Waals surface area (Å²) < 4.78 is 38.0. The number of amidine groups is 1. The molecule has 1 fully saturated rings. The second kappa shape index (κ2) is 5.25. The first-order valence-electron chi connectivity index (χ1n) is 5.86. The van der Waals surface area contributed by atoms with E-state index in [0.717, 1.165) is 12.8 Å². The number of hydrogen-bond acceptors (Lipinski definition) is 2. The standard InChI is InChI=1S/C11H20F3N3/c1-7-3-4-17(8(2)5-7)6-9(10(15)16)11(12,13)14/h7-9H,3-6H2,1-2H3,(H3,15,16). The minimum atomic E-state index is -4.42. The van der Waals surface area contributed by atoms with Gasteiger partial charge in [0.05, 0.1) is 0 Å². The Morgan fingerprint density at radius 2 is 2.06 bits per heavy atom. The summed E-state index contributed by atoms with van der Waals surface area (Å²) in [6.45, 7) is 4.51. The number of nitrogens with two attached hydrogens (primary N) is 1. The topological polar surface area (TPSA) is 53.1 Å². The van der Waals surface area contributed by atoms with Crippen LogP contribution in [0.2, 0.25) is 0 Å². The molecule has 1 aliphatic rings. The lowest BCUT2D eigenvalue weighted by Gasteiger charge is -2.38. The van der Waals surface area contributed by atoms with E-state index in [2.05, 4.69) is 6.92 Å². The van der Waals surface area contributed by atoms with Crippen LogP contribution in [0.15, 0.2) is 0 Å². The number of halogens is 3. The summed E-state index contributed by atoms with van der Waals surface area (Å²) in [6, 6.07) is 0.128. The fraction of sp³-hybridized carbons (Fsp3) is 0.909. The highest BCUT2D eigenvalue weighted by atomic mass is 19.4. The van der Waals surface area contributed by atoms with Crippen molar-refractivity contribution in [1.82, 2.24) is 4.90 Å². The van der Waals surface area contributed by atoms with E-state index >= 15 is 0 Å². The second-order valence-corrected chi connectivity index (χ2v) is 5.02. The average Bonchev–Trinajstić information content (AvgIpc) is 2.13. The SMILES string of the molecule is CC1CCN(CC(C(=N)N)C(F)(F)F)C(C)C1. The molecular weight excluding hydrogens is 231 g/mol. The van der Waals surface area contributed by atoms with E-state index in [-0.39, 0.29) is 12.6 Å². The zero-order chi connectivity index (χ0) is 13.2. The predicted molar refractivity (Wildman–Crippen MR) is 60.9 cm³/mol. The zero-order valence-electron chi connectivity index (χ0n) is 10.2. The van der Waals surface area contributed by atoms with Crippen molar-refractivity contribution in [3.63, 3.8) is 0 Å². The predicted octanol–water partition coefficient (Wildman–Crippen LogP) is 2.22. The van der Waals surface area contributed by atoms with Crippen LogP contribution in [0.4, 0.5) is 13.2 Å². The summed E-state index contributed by atoms with van der Waals surface area (Å²) in [6.07, 6.45) is -2.61. The Morgan fingerprint density at radius 3 is 2.47 bits per heavy atom. The van der Waals surface area contributed by atoms with Crippen LogP contribution in [0.25, 0.3) is 0 Å². The van der Waals surface area contributed by atoms with Gasteiger partial charge in [0.15, 0.2) is 0 Å². The van der Waals surface area contributed by atoms with Crippen molar-refractivity contribution in [2.75, 3.05) is 13.1 Å². The normalized spacial score (nSPS) is 29.0. The summed E-state index contributed by atoms with van der Waals surface area (Å²) in [5, 5.41) is 7.06. The molecule has 3 unspecified atom stereocenters. The third-order valence-electron chi connectivity index (χ3n) is 3.46. The van der Waals surface area contributed by atoms with E-state index in [1.807, 2.05) is 6.92 Å². The Morgan fingerprint density at radius 1 is 1.47 bits per heavy atom. The van der Waals surface area contributed by atoms with Crippen molar-refractivity contribution in [1.29, 1.82) is 5.41 Å². The Balaban J connectivity index is 2.65. The van der Waals surface area contributed by atoms with Crippen molar-refractivity contribution < 1.29 is 13.2 Å². The van der Waals surface area contributed by atoms with E-state index in [1.54, 1.807) is 4.90 Å². The van der Waals surface area contributed by atoms with Gasteiger partial charge >= 0.3 is 6.18 Å². The molecule has 1 saturated heterocycles. The molecule has 3 atom stereocenters. The molecule has 0 aliphatic carbocycles. The van der Waals surface area contributed by atoms with Gasteiger partial charge in [0.1, 0.15) is 11.8 Å². The number of alkyl halides is 3. The summed E-state index contributed by atoms with van der Waals surface area (Å²) in [5.74, 6) is -2.07. The molecule has 6 heteroatoms. The molecular formula is C11H20F3N3. The maximum Gasteiger partial charge on any atom is 0.399 e. The van der Waals surface area contributed by atoms with Crippen LogP contribution in [-0.2, 0) is 0 Å². The highest BCUT2D eigenvalue weighted by Crippen LogP contribution is 2.30. The first-order chi connectivity index (χ1) is 7.71. The molecule has 0 spiro atoms. The third kappa shape index (κ3) is 3.87. The van der Waals surface area contributed by atoms with Crippen LogP contribution >= 0.6 is 0 Å². The van der Waals surface area contributed by atoms with Crippen molar-refractivity contribution >= 4 is 5.84 Å². The van der Waals surface area contributed by atoms with Gasteiger partial charge in [-0.1, -0.05) is 6.92 Å². The summed E-state index contributed by atoms with van der Waals surface area (Å²) in [7, 11) is 0. The van der Waals surface area contributed by atoms with Gasteiger partial charge in [0, 0.05) is 12.6 Å².